The van der Waals surface area contributed by atoms with Crippen LogP contribution in [0.25, 0.3) is 0 Å². The molecule has 1 saturated carbocycles. The SMILES string of the molecule is CCC(CC)(NC(=O)NC1CCC(SC)C1)C(=O)O. The van der Waals surface area contributed by atoms with Gasteiger partial charge in [-0.15, -0.1) is 0 Å². The number of carboxylic acid groups (broad SMARTS) is 1. The first kappa shape index (κ1) is 16.1. The molecule has 0 spiro atoms. The second kappa shape index (κ2) is 7.03. The van der Waals surface area contributed by atoms with Crippen molar-refractivity contribution in [3.05, 3.63) is 0 Å². The van der Waals surface area contributed by atoms with E-state index < -0.39 is 11.5 Å². The highest BCUT2D eigenvalue weighted by atomic mass is 32.2. The van der Waals surface area contributed by atoms with Crippen LogP contribution in [0.4, 0.5) is 4.79 Å². The maximum Gasteiger partial charge on any atom is 0.329 e. The number of thioether (sulfide) groups is 1. The molecule has 1 aliphatic rings. The maximum atomic E-state index is 11.9. The van der Waals surface area contributed by atoms with Gasteiger partial charge in [0.05, 0.1) is 0 Å². The molecule has 0 heterocycles. The Kier molecular flexibility index (Phi) is 5.97. The highest BCUT2D eigenvalue weighted by molar-refractivity contribution is 7.99. The highest BCUT2D eigenvalue weighted by Crippen LogP contribution is 2.28. The summed E-state index contributed by atoms with van der Waals surface area (Å²) in [7, 11) is 0. The predicted octanol–water partition coefficient (Wildman–Crippen LogP) is 2.21. The van der Waals surface area contributed by atoms with Crippen molar-refractivity contribution in [3.8, 4) is 0 Å². The van der Waals surface area contributed by atoms with Crippen molar-refractivity contribution in [1.29, 1.82) is 0 Å². The Bertz CT molecular complexity index is 332. The fraction of sp³-hybridized carbons (Fsp3) is 0.846. The van der Waals surface area contributed by atoms with Gasteiger partial charge in [-0.3, -0.25) is 0 Å². The van der Waals surface area contributed by atoms with Crippen LogP contribution in [0.2, 0.25) is 0 Å². The number of nitrogens with one attached hydrogen (secondary N) is 2. The molecule has 1 fully saturated rings. The molecule has 1 aliphatic carbocycles. The summed E-state index contributed by atoms with van der Waals surface area (Å²) in [5, 5.41) is 15.4. The van der Waals surface area contributed by atoms with Crippen molar-refractivity contribution in [3.63, 3.8) is 0 Å². The summed E-state index contributed by atoms with van der Waals surface area (Å²) in [6.45, 7) is 3.55. The fourth-order valence-corrected chi connectivity index (χ4v) is 3.30. The predicted molar refractivity (Wildman–Crippen MR) is 77.6 cm³/mol. The van der Waals surface area contributed by atoms with Crippen molar-refractivity contribution in [2.75, 3.05) is 6.26 Å². The first-order chi connectivity index (χ1) is 8.97. The average molecular weight is 288 g/mol. The van der Waals surface area contributed by atoms with Crippen LogP contribution in [0, 0.1) is 0 Å². The normalized spacial score (nSPS) is 23.1. The number of carbonyl (C=O) groups is 2. The molecule has 2 amide bonds. The molecule has 0 bridgehead atoms. The third-order valence-electron chi connectivity index (χ3n) is 4.02. The lowest BCUT2D eigenvalue weighted by Crippen LogP contribution is -2.57. The highest BCUT2D eigenvalue weighted by Gasteiger charge is 2.37. The zero-order chi connectivity index (χ0) is 14.5. The third kappa shape index (κ3) is 4.03. The summed E-state index contributed by atoms with van der Waals surface area (Å²) in [6, 6.07) is -0.199. The standard InChI is InChI=1S/C13H24N2O3S/c1-4-13(5-2,11(16)17)15-12(18)14-9-6-7-10(8-9)19-3/h9-10H,4-8H2,1-3H3,(H,16,17)(H2,14,15,18). The summed E-state index contributed by atoms with van der Waals surface area (Å²) < 4.78 is 0. The van der Waals surface area contributed by atoms with Crippen LogP contribution < -0.4 is 10.6 Å². The number of hydrogen-bond acceptors (Lipinski definition) is 3. The minimum atomic E-state index is -1.15. The summed E-state index contributed by atoms with van der Waals surface area (Å²) >= 11 is 1.82. The monoisotopic (exact) mass is 288 g/mol. The van der Waals surface area contributed by atoms with Gasteiger partial charge in [0.15, 0.2) is 0 Å². The van der Waals surface area contributed by atoms with Crippen LogP contribution in [0.5, 0.6) is 0 Å². The van der Waals surface area contributed by atoms with Gasteiger partial charge in [0.2, 0.25) is 0 Å². The number of hydrogen-bond donors (Lipinski definition) is 3. The van der Waals surface area contributed by atoms with E-state index in [9.17, 15) is 14.7 Å². The molecule has 0 saturated heterocycles. The Morgan fingerprint density at radius 3 is 2.37 bits per heavy atom. The van der Waals surface area contributed by atoms with Crippen LogP contribution in [0.1, 0.15) is 46.0 Å². The molecule has 0 radical (unpaired) electrons. The van der Waals surface area contributed by atoms with Crippen molar-refractivity contribution in [2.45, 2.75) is 62.8 Å². The first-order valence-corrected chi connectivity index (χ1v) is 8.11. The van der Waals surface area contributed by atoms with Gasteiger partial charge in [0.1, 0.15) is 5.54 Å². The molecular formula is C13H24N2O3S. The summed E-state index contributed by atoms with van der Waals surface area (Å²) in [4.78, 5) is 23.2. The maximum absolute atomic E-state index is 11.9. The van der Waals surface area contributed by atoms with Crippen LogP contribution >= 0.6 is 11.8 Å². The quantitative estimate of drug-likeness (QED) is 0.700. The Balaban J connectivity index is 2.52. The van der Waals surface area contributed by atoms with Crippen molar-refractivity contribution >= 4 is 23.8 Å². The average Bonchev–Trinajstić information content (AvgIpc) is 2.83. The number of urea groups is 1. The molecule has 2 atom stereocenters. The molecule has 0 aliphatic heterocycles. The minimum absolute atomic E-state index is 0.164. The summed E-state index contributed by atoms with van der Waals surface area (Å²) in [5.41, 5.74) is -1.15. The Morgan fingerprint density at radius 2 is 1.95 bits per heavy atom. The van der Waals surface area contributed by atoms with Crippen LogP contribution in [-0.2, 0) is 4.79 Å². The number of carboxylic acids is 1. The first-order valence-electron chi connectivity index (χ1n) is 6.82. The molecule has 1 rings (SSSR count). The second-order valence-corrected chi connectivity index (χ2v) is 6.20. The van der Waals surface area contributed by atoms with E-state index in [1.807, 2.05) is 11.8 Å². The van der Waals surface area contributed by atoms with Crippen LogP contribution in [0.3, 0.4) is 0 Å². The van der Waals surface area contributed by atoms with Gasteiger partial charge in [0, 0.05) is 11.3 Å². The molecule has 0 aromatic heterocycles. The second-order valence-electron chi connectivity index (χ2n) is 5.06. The molecule has 3 N–H and O–H groups in total. The van der Waals surface area contributed by atoms with Gasteiger partial charge >= 0.3 is 12.0 Å². The van der Waals surface area contributed by atoms with Crippen molar-refractivity contribution in [2.24, 2.45) is 0 Å². The molecule has 19 heavy (non-hydrogen) atoms. The molecule has 5 nitrogen and oxygen atoms in total. The van der Waals surface area contributed by atoms with Gasteiger partial charge in [-0.05, 0) is 38.4 Å². The van der Waals surface area contributed by atoms with Gasteiger partial charge in [-0.25, -0.2) is 9.59 Å². The lowest BCUT2D eigenvalue weighted by molar-refractivity contribution is -0.144. The molecular weight excluding hydrogens is 264 g/mol. The molecule has 110 valence electrons. The van der Waals surface area contributed by atoms with E-state index in [2.05, 4.69) is 16.9 Å². The third-order valence-corrected chi connectivity index (χ3v) is 5.12. The number of amides is 2. The number of rotatable bonds is 6. The molecule has 6 heteroatoms. The van der Waals surface area contributed by atoms with Gasteiger partial charge in [-0.2, -0.15) is 11.8 Å². The molecule has 0 aromatic carbocycles. The Labute approximate surface area is 118 Å². The minimum Gasteiger partial charge on any atom is -0.480 e. The largest absolute Gasteiger partial charge is 0.480 e. The fourth-order valence-electron chi connectivity index (χ4n) is 2.51. The smallest absolute Gasteiger partial charge is 0.329 e. The number of aliphatic carboxylic acids is 1. The van der Waals surface area contributed by atoms with Crippen LogP contribution in [-0.4, -0.2) is 40.2 Å². The van der Waals surface area contributed by atoms with Crippen molar-refractivity contribution in [1.82, 2.24) is 10.6 Å². The molecule has 2 unspecified atom stereocenters. The van der Waals surface area contributed by atoms with Gasteiger partial charge < -0.3 is 15.7 Å². The van der Waals surface area contributed by atoms with E-state index in [1.165, 1.54) is 0 Å². The lowest BCUT2D eigenvalue weighted by Gasteiger charge is -2.28. The zero-order valence-corrected chi connectivity index (χ0v) is 12.7. The van der Waals surface area contributed by atoms with E-state index in [0.717, 1.165) is 19.3 Å². The van der Waals surface area contributed by atoms with Crippen molar-refractivity contribution < 1.29 is 14.7 Å². The van der Waals surface area contributed by atoms with E-state index >= 15 is 0 Å². The summed E-state index contributed by atoms with van der Waals surface area (Å²) in [6.07, 6.45) is 5.88. The van der Waals surface area contributed by atoms with Gasteiger partial charge in [-0.1, -0.05) is 13.8 Å². The van der Waals surface area contributed by atoms with E-state index in [4.69, 9.17) is 0 Å². The molecule has 0 aromatic rings. The topological polar surface area (TPSA) is 78.4 Å². The Hall–Kier alpha value is -0.910. The lowest BCUT2D eigenvalue weighted by atomic mass is 9.93. The number of carbonyl (C=O) groups excluding carboxylic acids is 1. The summed E-state index contributed by atoms with van der Waals surface area (Å²) in [5.74, 6) is -0.971. The Morgan fingerprint density at radius 1 is 1.32 bits per heavy atom. The van der Waals surface area contributed by atoms with E-state index in [0.29, 0.717) is 18.1 Å². The zero-order valence-electron chi connectivity index (χ0n) is 11.9. The van der Waals surface area contributed by atoms with E-state index in [-0.39, 0.29) is 12.1 Å². The van der Waals surface area contributed by atoms with Gasteiger partial charge in [0.25, 0.3) is 0 Å². The van der Waals surface area contributed by atoms with Crippen LogP contribution in [0.15, 0.2) is 0 Å². The van der Waals surface area contributed by atoms with E-state index in [1.54, 1.807) is 13.8 Å².